The van der Waals surface area contributed by atoms with Gasteiger partial charge < -0.3 is 4.74 Å². The first-order chi connectivity index (χ1) is 7.81. The summed E-state index contributed by atoms with van der Waals surface area (Å²) >= 11 is 0. The summed E-state index contributed by atoms with van der Waals surface area (Å²) in [6.45, 7) is 3.35. The lowest BCUT2D eigenvalue weighted by Gasteiger charge is -2.12. The maximum atomic E-state index is 11.3. The van der Waals surface area contributed by atoms with Gasteiger partial charge in [0.25, 0.3) is 0 Å². The van der Waals surface area contributed by atoms with Gasteiger partial charge >= 0.3 is 6.09 Å². The maximum absolute atomic E-state index is 11.3. The molecule has 3 heteroatoms. The van der Waals surface area contributed by atoms with Crippen molar-refractivity contribution in [1.29, 1.82) is 0 Å². The highest BCUT2D eigenvalue weighted by Crippen LogP contribution is 2.19. The van der Waals surface area contributed by atoms with Crippen molar-refractivity contribution < 1.29 is 9.53 Å². The van der Waals surface area contributed by atoms with Crippen molar-refractivity contribution in [3.05, 3.63) is 29.8 Å². The first kappa shape index (κ1) is 11.0. The summed E-state index contributed by atoms with van der Waals surface area (Å²) in [5.41, 5.74) is 2.26. The second-order valence-corrected chi connectivity index (χ2v) is 4.04. The van der Waals surface area contributed by atoms with Crippen LogP contribution in [-0.2, 0) is 11.2 Å². The molecule has 0 aromatic heterocycles. The van der Waals surface area contributed by atoms with Crippen molar-refractivity contribution in [2.45, 2.75) is 26.2 Å². The second kappa shape index (κ2) is 5.01. The van der Waals surface area contributed by atoms with Crippen LogP contribution in [0.2, 0.25) is 0 Å². The van der Waals surface area contributed by atoms with Gasteiger partial charge in [-0.25, -0.2) is 4.79 Å². The number of amides is 1. The molecule has 0 unspecified atom stereocenters. The van der Waals surface area contributed by atoms with Crippen LogP contribution >= 0.6 is 0 Å². The molecule has 1 saturated heterocycles. The molecule has 0 bridgehead atoms. The standard InChI is InChI=1S/C13H17NO2/c1-2-3-4-11-5-7-12(8-6-11)14-9-10-16-13(14)15/h5-8H,2-4,9-10H2,1H3. The van der Waals surface area contributed by atoms with Crippen LogP contribution in [0.1, 0.15) is 25.3 Å². The number of ether oxygens (including phenoxy) is 1. The molecule has 86 valence electrons. The van der Waals surface area contributed by atoms with E-state index in [2.05, 4.69) is 19.1 Å². The molecule has 1 fully saturated rings. The minimum Gasteiger partial charge on any atom is -0.447 e. The van der Waals surface area contributed by atoms with Gasteiger partial charge in [0.1, 0.15) is 6.61 Å². The number of hydrogen-bond donors (Lipinski definition) is 0. The molecule has 1 heterocycles. The Bertz CT molecular complexity index is 359. The molecule has 0 N–H and O–H groups in total. The summed E-state index contributed by atoms with van der Waals surface area (Å²) in [6, 6.07) is 8.18. The molecule has 16 heavy (non-hydrogen) atoms. The molecule has 2 rings (SSSR count). The lowest BCUT2D eigenvalue weighted by Crippen LogP contribution is -2.23. The van der Waals surface area contributed by atoms with Crippen LogP contribution in [0.4, 0.5) is 10.5 Å². The number of hydrogen-bond acceptors (Lipinski definition) is 2. The van der Waals surface area contributed by atoms with E-state index in [1.54, 1.807) is 4.90 Å². The first-order valence-corrected chi connectivity index (χ1v) is 5.84. The van der Waals surface area contributed by atoms with Gasteiger partial charge in [0.15, 0.2) is 0 Å². The largest absolute Gasteiger partial charge is 0.447 e. The van der Waals surface area contributed by atoms with Crippen LogP contribution in [0.3, 0.4) is 0 Å². The quantitative estimate of drug-likeness (QED) is 0.779. The number of carbonyl (C=O) groups is 1. The third-order valence-electron chi connectivity index (χ3n) is 2.83. The number of unbranched alkanes of at least 4 members (excludes halogenated alkanes) is 1. The molecule has 0 atom stereocenters. The van der Waals surface area contributed by atoms with E-state index in [1.807, 2.05) is 12.1 Å². The Balaban J connectivity index is 2.04. The van der Waals surface area contributed by atoms with E-state index in [-0.39, 0.29) is 6.09 Å². The Labute approximate surface area is 96.0 Å². The SMILES string of the molecule is CCCCc1ccc(N2CCOC2=O)cc1. The van der Waals surface area contributed by atoms with E-state index in [0.717, 1.165) is 12.1 Å². The van der Waals surface area contributed by atoms with Gasteiger partial charge in [-0.05, 0) is 30.5 Å². The molecule has 1 aliphatic rings. The molecule has 1 aromatic rings. The van der Waals surface area contributed by atoms with E-state index < -0.39 is 0 Å². The smallest absolute Gasteiger partial charge is 0.414 e. The number of carbonyl (C=O) groups excluding carboxylic acids is 1. The molecule has 0 radical (unpaired) electrons. The van der Waals surface area contributed by atoms with Crippen molar-refractivity contribution >= 4 is 11.8 Å². The van der Waals surface area contributed by atoms with Crippen LogP contribution < -0.4 is 4.90 Å². The highest BCUT2D eigenvalue weighted by Gasteiger charge is 2.22. The van der Waals surface area contributed by atoms with E-state index in [1.165, 1.54) is 18.4 Å². The third kappa shape index (κ3) is 2.35. The molecule has 1 aliphatic heterocycles. The molecule has 0 aliphatic carbocycles. The molecular formula is C13H17NO2. The summed E-state index contributed by atoms with van der Waals surface area (Å²) in [5.74, 6) is 0. The first-order valence-electron chi connectivity index (χ1n) is 5.84. The number of cyclic esters (lactones) is 1. The summed E-state index contributed by atoms with van der Waals surface area (Å²) < 4.78 is 4.90. The average Bonchev–Trinajstić information content (AvgIpc) is 2.74. The molecule has 0 saturated carbocycles. The topological polar surface area (TPSA) is 29.5 Å². The van der Waals surface area contributed by atoms with Crippen LogP contribution in [-0.4, -0.2) is 19.2 Å². The van der Waals surface area contributed by atoms with Gasteiger partial charge in [-0.3, -0.25) is 4.90 Å². The van der Waals surface area contributed by atoms with Crippen molar-refractivity contribution in [1.82, 2.24) is 0 Å². The van der Waals surface area contributed by atoms with Crippen molar-refractivity contribution in [3.8, 4) is 0 Å². The number of rotatable bonds is 4. The van der Waals surface area contributed by atoms with Gasteiger partial charge in [0.05, 0.1) is 6.54 Å². The van der Waals surface area contributed by atoms with E-state index in [4.69, 9.17) is 4.74 Å². The number of benzene rings is 1. The fourth-order valence-electron chi connectivity index (χ4n) is 1.85. The predicted octanol–water partition coefficient (Wildman–Crippen LogP) is 2.99. The summed E-state index contributed by atoms with van der Waals surface area (Å²) in [6.07, 6.45) is 3.30. The summed E-state index contributed by atoms with van der Waals surface area (Å²) in [4.78, 5) is 13.0. The van der Waals surface area contributed by atoms with Crippen molar-refractivity contribution in [2.75, 3.05) is 18.1 Å². The monoisotopic (exact) mass is 219 g/mol. The van der Waals surface area contributed by atoms with E-state index >= 15 is 0 Å². The highest BCUT2D eigenvalue weighted by molar-refractivity contribution is 5.89. The van der Waals surface area contributed by atoms with Crippen molar-refractivity contribution in [2.24, 2.45) is 0 Å². The average molecular weight is 219 g/mol. The molecular weight excluding hydrogens is 202 g/mol. The van der Waals surface area contributed by atoms with Gasteiger partial charge in [-0.1, -0.05) is 25.5 Å². The summed E-state index contributed by atoms with van der Waals surface area (Å²) in [5, 5.41) is 0. The Morgan fingerprint density at radius 3 is 2.62 bits per heavy atom. The van der Waals surface area contributed by atoms with Crippen molar-refractivity contribution in [3.63, 3.8) is 0 Å². The third-order valence-corrected chi connectivity index (χ3v) is 2.83. The van der Waals surface area contributed by atoms with E-state index in [0.29, 0.717) is 13.2 Å². The number of nitrogens with zero attached hydrogens (tertiary/aromatic N) is 1. The number of anilines is 1. The molecule has 1 amide bonds. The maximum Gasteiger partial charge on any atom is 0.414 e. The van der Waals surface area contributed by atoms with Gasteiger partial charge in [-0.2, -0.15) is 0 Å². The van der Waals surface area contributed by atoms with Crippen LogP contribution in [0.15, 0.2) is 24.3 Å². The zero-order valence-electron chi connectivity index (χ0n) is 9.61. The minimum atomic E-state index is -0.235. The van der Waals surface area contributed by atoms with Crippen LogP contribution in [0.25, 0.3) is 0 Å². The second-order valence-electron chi connectivity index (χ2n) is 4.04. The zero-order valence-corrected chi connectivity index (χ0v) is 9.61. The predicted molar refractivity (Wildman–Crippen MR) is 63.7 cm³/mol. The number of aryl methyl sites for hydroxylation is 1. The molecule has 1 aromatic carbocycles. The lowest BCUT2D eigenvalue weighted by molar-refractivity contribution is 0.181. The summed E-state index contributed by atoms with van der Waals surface area (Å²) in [7, 11) is 0. The Morgan fingerprint density at radius 2 is 2.06 bits per heavy atom. The Morgan fingerprint density at radius 1 is 1.31 bits per heavy atom. The normalized spacial score (nSPS) is 15.3. The Kier molecular flexibility index (Phi) is 3.44. The van der Waals surface area contributed by atoms with Crippen LogP contribution in [0.5, 0.6) is 0 Å². The highest BCUT2D eigenvalue weighted by atomic mass is 16.6. The molecule has 3 nitrogen and oxygen atoms in total. The minimum absolute atomic E-state index is 0.235. The Hall–Kier alpha value is -1.51. The van der Waals surface area contributed by atoms with Gasteiger partial charge in [0, 0.05) is 5.69 Å². The lowest BCUT2D eigenvalue weighted by atomic mass is 10.1. The fraction of sp³-hybridized carbons (Fsp3) is 0.462. The van der Waals surface area contributed by atoms with Gasteiger partial charge in [0.2, 0.25) is 0 Å². The molecule has 0 spiro atoms. The zero-order chi connectivity index (χ0) is 11.4. The fourth-order valence-corrected chi connectivity index (χ4v) is 1.85. The van der Waals surface area contributed by atoms with Gasteiger partial charge in [-0.15, -0.1) is 0 Å². The van der Waals surface area contributed by atoms with Crippen LogP contribution in [0, 0.1) is 0 Å². The van der Waals surface area contributed by atoms with E-state index in [9.17, 15) is 4.79 Å².